The number of rotatable bonds is 5. The number of hydrogen-bond acceptors (Lipinski definition) is 3. The van der Waals surface area contributed by atoms with E-state index in [1.807, 2.05) is 5.32 Å². The number of carbonyl (C=O) groups is 2. The van der Waals surface area contributed by atoms with E-state index in [1.54, 1.807) is 11.9 Å². The highest BCUT2D eigenvalue weighted by Gasteiger charge is 2.29. The molecule has 116 valence electrons. The number of nitrogens with one attached hydrogen (secondary N) is 1. The number of amides is 3. The molecule has 0 heterocycles. The maximum atomic E-state index is 12.4. The van der Waals surface area contributed by atoms with Gasteiger partial charge >= 0.3 is 12.2 Å². The Bertz CT molecular complexity index is 500. The molecule has 3 N–H and O–H groups in total. The molecule has 5 nitrogen and oxygen atoms in total. The summed E-state index contributed by atoms with van der Waals surface area (Å²) in [5.74, 6) is -0.498. The van der Waals surface area contributed by atoms with Crippen LogP contribution in [0.15, 0.2) is 24.3 Å². The number of nitrogens with two attached hydrogens (primary N) is 1. The van der Waals surface area contributed by atoms with E-state index in [9.17, 15) is 22.8 Å². The molecular weight excluding hydrogens is 287 g/mol. The van der Waals surface area contributed by atoms with Crippen molar-refractivity contribution in [3.63, 3.8) is 0 Å². The van der Waals surface area contributed by atoms with E-state index >= 15 is 0 Å². The van der Waals surface area contributed by atoms with Gasteiger partial charge in [0.15, 0.2) is 0 Å². The third-order valence-electron chi connectivity index (χ3n) is 2.72. The molecule has 1 rings (SSSR count). The molecule has 0 fully saturated rings. The molecule has 1 aromatic carbocycles. The van der Waals surface area contributed by atoms with E-state index in [4.69, 9.17) is 5.73 Å². The molecular formula is C13H16F3N3O2. The average Bonchev–Trinajstić information content (AvgIpc) is 2.35. The molecule has 0 saturated carbocycles. The first-order valence-corrected chi connectivity index (χ1v) is 6.12. The van der Waals surface area contributed by atoms with Crippen LogP contribution in [0.25, 0.3) is 0 Å². The number of primary amides is 1. The van der Waals surface area contributed by atoms with Crippen LogP contribution in [0.2, 0.25) is 0 Å². The molecule has 0 unspecified atom stereocenters. The summed E-state index contributed by atoms with van der Waals surface area (Å²) in [4.78, 5) is 23.4. The van der Waals surface area contributed by atoms with Gasteiger partial charge in [-0.2, -0.15) is 13.2 Å². The second kappa shape index (κ2) is 7.07. The molecule has 1 aromatic rings. The summed E-state index contributed by atoms with van der Waals surface area (Å²) >= 11 is 0. The molecule has 0 aliphatic rings. The zero-order valence-electron chi connectivity index (χ0n) is 11.4. The molecule has 0 aromatic heterocycles. The summed E-state index contributed by atoms with van der Waals surface area (Å²) in [7, 11) is 1.72. The van der Waals surface area contributed by atoms with Gasteiger partial charge in [-0.05, 0) is 24.7 Å². The molecule has 0 saturated heterocycles. The van der Waals surface area contributed by atoms with Crippen molar-refractivity contribution in [2.75, 3.05) is 13.6 Å². The Labute approximate surface area is 119 Å². The maximum Gasteiger partial charge on any atom is 0.416 e. The van der Waals surface area contributed by atoms with E-state index in [2.05, 4.69) is 0 Å². The van der Waals surface area contributed by atoms with Crippen molar-refractivity contribution in [1.82, 2.24) is 10.2 Å². The Morgan fingerprint density at radius 1 is 1.24 bits per heavy atom. The average molecular weight is 303 g/mol. The van der Waals surface area contributed by atoms with E-state index in [1.165, 1.54) is 12.1 Å². The molecule has 8 heteroatoms. The van der Waals surface area contributed by atoms with Gasteiger partial charge in [0, 0.05) is 19.5 Å². The SMILES string of the molecule is CN(CCC(=O)NC(N)=O)Cc1ccc(C(F)(F)F)cc1. The fraction of sp³-hybridized carbons (Fsp3) is 0.385. The van der Waals surface area contributed by atoms with Crippen molar-refractivity contribution in [2.24, 2.45) is 5.73 Å². The van der Waals surface area contributed by atoms with Crippen LogP contribution in [0.5, 0.6) is 0 Å². The number of alkyl halides is 3. The number of imide groups is 1. The Hall–Kier alpha value is -2.09. The number of carbonyl (C=O) groups excluding carboxylic acids is 2. The van der Waals surface area contributed by atoms with Crippen molar-refractivity contribution >= 4 is 11.9 Å². The minimum absolute atomic E-state index is 0.0695. The van der Waals surface area contributed by atoms with Gasteiger partial charge in [-0.25, -0.2) is 4.79 Å². The fourth-order valence-corrected chi connectivity index (χ4v) is 1.68. The van der Waals surface area contributed by atoms with E-state index in [0.717, 1.165) is 12.1 Å². The van der Waals surface area contributed by atoms with Crippen LogP contribution in [0.4, 0.5) is 18.0 Å². The fourth-order valence-electron chi connectivity index (χ4n) is 1.68. The monoisotopic (exact) mass is 303 g/mol. The first-order chi connectivity index (χ1) is 9.68. The van der Waals surface area contributed by atoms with Crippen LogP contribution < -0.4 is 11.1 Å². The lowest BCUT2D eigenvalue weighted by atomic mass is 10.1. The van der Waals surface area contributed by atoms with Crippen LogP contribution in [-0.2, 0) is 17.5 Å². The molecule has 0 radical (unpaired) electrons. The smallest absolute Gasteiger partial charge is 0.351 e. The topological polar surface area (TPSA) is 75.4 Å². The van der Waals surface area contributed by atoms with Crippen LogP contribution in [0.1, 0.15) is 17.5 Å². The highest BCUT2D eigenvalue weighted by atomic mass is 19.4. The maximum absolute atomic E-state index is 12.4. The lowest BCUT2D eigenvalue weighted by Crippen LogP contribution is -2.36. The zero-order chi connectivity index (χ0) is 16.0. The van der Waals surface area contributed by atoms with Crippen molar-refractivity contribution in [3.8, 4) is 0 Å². The number of benzene rings is 1. The van der Waals surface area contributed by atoms with E-state index < -0.39 is 23.7 Å². The Morgan fingerprint density at radius 3 is 2.29 bits per heavy atom. The number of halogens is 3. The molecule has 3 amide bonds. The second-order valence-corrected chi connectivity index (χ2v) is 4.59. The summed E-state index contributed by atoms with van der Waals surface area (Å²) in [6.45, 7) is 0.738. The standard InChI is InChI=1S/C13H16F3N3O2/c1-19(7-6-11(20)18-12(17)21)8-9-2-4-10(5-3-9)13(14,15)16/h2-5H,6-8H2,1H3,(H3,17,18,20,21). The van der Waals surface area contributed by atoms with Crippen LogP contribution in [-0.4, -0.2) is 30.4 Å². The van der Waals surface area contributed by atoms with Gasteiger partial charge < -0.3 is 10.6 Å². The number of urea groups is 1. The quantitative estimate of drug-likeness (QED) is 0.869. The minimum atomic E-state index is -4.35. The van der Waals surface area contributed by atoms with Crippen molar-refractivity contribution in [1.29, 1.82) is 0 Å². The first kappa shape index (κ1) is 17.0. The van der Waals surface area contributed by atoms with Crippen LogP contribution >= 0.6 is 0 Å². The highest BCUT2D eigenvalue weighted by Crippen LogP contribution is 2.29. The van der Waals surface area contributed by atoms with Gasteiger partial charge in [-0.3, -0.25) is 10.1 Å². The van der Waals surface area contributed by atoms with Gasteiger partial charge in [-0.15, -0.1) is 0 Å². The van der Waals surface area contributed by atoms with Crippen molar-refractivity contribution < 1.29 is 22.8 Å². The molecule has 0 bridgehead atoms. The summed E-state index contributed by atoms with van der Waals surface area (Å²) < 4.78 is 37.2. The van der Waals surface area contributed by atoms with Crippen molar-refractivity contribution in [2.45, 2.75) is 19.1 Å². The van der Waals surface area contributed by atoms with Crippen LogP contribution in [0.3, 0.4) is 0 Å². The van der Waals surface area contributed by atoms with E-state index in [-0.39, 0.29) is 6.42 Å². The molecule has 21 heavy (non-hydrogen) atoms. The second-order valence-electron chi connectivity index (χ2n) is 4.59. The third-order valence-corrected chi connectivity index (χ3v) is 2.72. The lowest BCUT2D eigenvalue weighted by Gasteiger charge is -2.16. The van der Waals surface area contributed by atoms with Gasteiger partial charge in [0.1, 0.15) is 0 Å². The van der Waals surface area contributed by atoms with Crippen LogP contribution in [0, 0.1) is 0 Å². The van der Waals surface area contributed by atoms with E-state index in [0.29, 0.717) is 18.7 Å². The largest absolute Gasteiger partial charge is 0.416 e. The summed E-state index contributed by atoms with van der Waals surface area (Å²) in [6, 6.07) is 3.91. The Morgan fingerprint density at radius 2 is 1.81 bits per heavy atom. The summed E-state index contributed by atoms with van der Waals surface area (Å²) in [6.07, 6.45) is -4.28. The molecule has 0 atom stereocenters. The Kier molecular flexibility index (Phi) is 5.71. The third kappa shape index (κ3) is 6.26. The molecule has 0 spiro atoms. The summed E-state index contributed by atoms with van der Waals surface area (Å²) in [5.41, 5.74) is 4.79. The van der Waals surface area contributed by atoms with Gasteiger partial charge in [-0.1, -0.05) is 12.1 Å². The van der Waals surface area contributed by atoms with Crippen molar-refractivity contribution in [3.05, 3.63) is 35.4 Å². The first-order valence-electron chi connectivity index (χ1n) is 6.12. The number of nitrogens with zero attached hydrogens (tertiary/aromatic N) is 1. The number of hydrogen-bond donors (Lipinski definition) is 2. The predicted octanol–water partition coefficient (Wildman–Crippen LogP) is 1.72. The summed E-state index contributed by atoms with van der Waals surface area (Å²) in [5, 5.41) is 1.93. The van der Waals surface area contributed by atoms with Gasteiger partial charge in [0.2, 0.25) is 5.91 Å². The lowest BCUT2D eigenvalue weighted by molar-refractivity contribution is -0.137. The zero-order valence-corrected chi connectivity index (χ0v) is 11.4. The molecule has 0 aliphatic heterocycles. The highest BCUT2D eigenvalue weighted by molar-refractivity contribution is 5.93. The minimum Gasteiger partial charge on any atom is -0.351 e. The van der Waals surface area contributed by atoms with Gasteiger partial charge in [0.05, 0.1) is 5.56 Å². The molecule has 0 aliphatic carbocycles. The normalized spacial score (nSPS) is 11.5. The Balaban J connectivity index is 2.46. The van der Waals surface area contributed by atoms with Gasteiger partial charge in [0.25, 0.3) is 0 Å². The predicted molar refractivity (Wildman–Crippen MR) is 70.1 cm³/mol.